The van der Waals surface area contributed by atoms with Crippen molar-refractivity contribution < 1.29 is 23.7 Å². The maximum Gasteiger partial charge on any atom is 0.308 e. The number of benzene rings is 1. The fourth-order valence-electron chi connectivity index (χ4n) is 2.35. The Morgan fingerprint density at radius 3 is 2.85 bits per heavy atom. The fraction of sp³-hybridized carbons (Fsp3) is 0.533. The number of hydrogen-bond acceptors (Lipinski definition) is 5. The zero-order valence-corrected chi connectivity index (χ0v) is 12.0. The van der Waals surface area contributed by atoms with E-state index in [9.17, 15) is 4.79 Å². The quantitative estimate of drug-likeness (QED) is 0.771. The topological polar surface area (TPSA) is 54.0 Å². The van der Waals surface area contributed by atoms with Crippen molar-refractivity contribution in [2.24, 2.45) is 0 Å². The minimum absolute atomic E-state index is 0.206. The van der Waals surface area contributed by atoms with Gasteiger partial charge in [-0.25, -0.2) is 0 Å². The van der Waals surface area contributed by atoms with E-state index in [-0.39, 0.29) is 18.5 Å². The third-order valence-electron chi connectivity index (χ3n) is 3.32. The second-order valence-corrected chi connectivity index (χ2v) is 4.95. The van der Waals surface area contributed by atoms with E-state index in [2.05, 4.69) is 4.74 Å². The van der Waals surface area contributed by atoms with E-state index in [1.54, 1.807) is 7.11 Å². The normalized spacial score (nSPS) is 25.4. The standard InChI is InChI=1S/C15H20O5/c1-15(9-11-6-4-5-7-13(11)17-2)19-10-12(20-15)8-14(16)18-3/h4-7,12H,8-10H2,1-3H3. The molecule has 0 bridgehead atoms. The first-order valence-corrected chi connectivity index (χ1v) is 6.57. The molecular weight excluding hydrogens is 260 g/mol. The van der Waals surface area contributed by atoms with Crippen LogP contribution in [0.25, 0.3) is 0 Å². The number of para-hydroxylation sites is 1. The van der Waals surface area contributed by atoms with Gasteiger partial charge >= 0.3 is 5.97 Å². The van der Waals surface area contributed by atoms with Crippen molar-refractivity contribution in [2.45, 2.75) is 31.7 Å². The predicted octanol–water partition coefficient (Wildman–Crippen LogP) is 1.93. The van der Waals surface area contributed by atoms with Crippen LogP contribution >= 0.6 is 0 Å². The van der Waals surface area contributed by atoms with Crippen LogP contribution in [0.1, 0.15) is 18.9 Å². The average molecular weight is 280 g/mol. The van der Waals surface area contributed by atoms with Crippen LogP contribution in [0.4, 0.5) is 0 Å². The summed E-state index contributed by atoms with van der Waals surface area (Å²) in [5.41, 5.74) is 1.01. The highest BCUT2D eigenvalue weighted by atomic mass is 16.7. The van der Waals surface area contributed by atoms with Gasteiger partial charge in [0.15, 0.2) is 5.79 Å². The molecule has 2 atom stereocenters. The minimum atomic E-state index is -0.743. The smallest absolute Gasteiger partial charge is 0.308 e. The Kier molecular flexibility index (Phi) is 4.62. The number of hydrogen-bond donors (Lipinski definition) is 0. The zero-order chi connectivity index (χ0) is 14.6. The van der Waals surface area contributed by atoms with Gasteiger partial charge in [-0.1, -0.05) is 18.2 Å². The monoisotopic (exact) mass is 280 g/mol. The Balaban J connectivity index is 2.01. The first-order chi connectivity index (χ1) is 9.56. The van der Waals surface area contributed by atoms with Gasteiger partial charge in [0, 0.05) is 6.42 Å². The van der Waals surface area contributed by atoms with Gasteiger partial charge in [-0.15, -0.1) is 0 Å². The molecule has 1 aromatic carbocycles. The van der Waals surface area contributed by atoms with Crippen LogP contribution in [0.5, 0.6) is 5.75 Å². The average Bonchev–Trinajstić information content (AvgIpc) is 2.80. The second kappa shape index (κ2) is 6.24. The molecule has 0 N–H and O–H groups in total. The van der Waals surface area contributed by atoms with Gasteiger partial charge in [-0.05, 0) is 18.6 Å². The molecule has 0 aromatic heterocycles. The maximum absolute atomic E-state index is 11.3. The summed E-state index contributed by atoms with van der Waals surface area (Å²) in [4.78, 5) is 11.3. The highest BCUT2D eigenvalue weighted by Gasteiger charge is 2.38. The van der Waals surface area contributed by atoms with E-state index in [0.717, 1.165) is 11.3 Å². The summed E-state index contributed by atoms with van der Waals surface area (Å²) < 4.78 is 21.5. The molecule has 20 heavy (non-hydrogen) atoms. The Hall–Kier alpha value is -1.59. The third kappa shape index (κ3) is 3.49. The molecule has 0 amide bonds. The summed E-state index contributed by atoms with van der Waals surface area (Å²) in [6.45, 7) is 2.26. The molecule has 1 saturated heterocycles. The van der Waals surface area contributed by atoms with E-state index < -0.39 is 5.79 Å². The Labute approximate surface area is 118 Å². The molecule has 1 heterocycles. The highest BCUT2D eigenvalue weighted by Crippen LogP contribution is 2.31. The Morgan fingerprint density at radius 1 is 1.40 bits per heavy atom. The third-order valence-corrected chi connectivity index (χ3v) is 3.32. The molecule has 0 spiro atoms. The summed E-state index contributed by atoms with van der Waals surface area (Å²) >= 11 is 0. The van der Waals surface area contributed by atoms with Crippen LogP contribution in [0.15, 0.2) is 24.3 Å². The SMILES string of the molecule is COC(=O)CC1COC(C)(Cc2ccccc2OC)O1. The summed E-state index contributed by atoms with van der Waals surface area (Å²) in [5.74, 6) is -0.231. The summed E-state index contributed by atoms with van der Waals surface area (Å²) in [6.07, 6.45) is 0.509. The van der Waals surface area contributed by atoms with Crippen molar-refractivity contribution in [1.29, 1.82) is 0 Å². The van der Waals surface area contributed by atoms with Crippen molar-refractivity contribution in [1.82, 2.24) is 0 Å². The lowest BCUT2D eigenvalue weighted by Crippen LogP contribution is -2.30. The molecule has 1 aliphatic heterocycles. The second-order valence-electron chi connectivity index (χ2n) is 4.95. The van der Waals surface area contributed by atoms with Gasteiger partial charge in [0.25, 0.3) is 0 Å². The first-order valence-electron chi connectivity index (χ1n) is 6.57. The van der Waals surface area contributed by atoms with Crippen LogP contribution < -0.4 is 4.74 Å². The molecule has 5 nitrogen and oxygen atoms in total. The molecule has 0 aliphatic carbocycles. The lowest BCUT2D eigenvalue weighted by atomic mass is 10.1. The molecule has 1 aromatic rings. The molecule has 0 saturated carbocycles. The lowest BCUT2D eigenvalue weighted by molar-refractivity contribution is -0.159. The predicted molar refractivity (Wildman–Crippen MR) is 72.6 cm³/mol. The molecular formula is C15H20O5. The van der Waals surface area contributed by atoms with E-state index in [4.69, 9.17) is 14.2 Å². The van der Waals surface area contributed by atoms with E-state index in [1.165, 1.54) is 7.11 Å². The largest absolute Gasteiger partial charge is 0.496 e. The van der Waals surface area contributed by atoms with E-state index in [0.29, 0.717) is 13.0 Å². The number of ether oxygens (including phenoxy) is 4. The van der Waals surface area contributed by atoms with Gasteiger partial charge in [0.05, 0.1) is 33.4 Å². The number of esters is 1. The van der Waals surface area contributed by atoms with Crippen LogP contribution in [0.2, 0.25) is 0 Å². The van der Waals surface area contributed by atoms with Gasteiger partial charge in [-0.2, -0.15) is 0 Å². The molecule has 110 valence electrons. The number of rotatable bonds is 5. The van der Waals surface area contributed by atoms with Crippen molar-refractivity contribution in [2.75, 3.05) is 20.8 Å². The summed E-state index contributed by atoms with van der Waals surface area (Å²) in [5, 5.41) is 0. The first kappa shape index (κ1) is 14.8. The Bertz CT molecular complexity index is 473. The minimum Gasteiger partial charge on any atom is -0.496 e. The highest BCUT2D eigenvalue weighted by molar-refractivity contribution is 5.69. The van der Waals surface area contributed by atoms with Gasteiger partial charge in [0.1, 0.15) is 5.75 Å². The lowest BCUT2D eigenvalue weighted by Gasteiger charge is -2.24. The van der Waals surface area contributed by atoms with Crippen LogP contribution in [0, 0.1) is 0 Å². The van der Waals surface area contributed by atoms with E-state index >= 15 is 0 Å². The van der Waals surface area contributed by atoms with Gasteiger partial charge < -0.3 is 18.9 Å². The van der Waals surface area contributed by atoms with Gasteiger partial charge in [0.2, 0.25) is 0 Å². The molecule has 5 heteroatoms. The molecule has 2 rings (SSSR count). The van der Waals surface area contributed by atoms with Crippen molar-refractivity contribution in [3.63, 3.8) is 0 Å². The van der Waals surface area contributed by atoms with Crippen molar-refractivity contribution in [3.8, 4) is 5.75 Å². The van der Waals surface area contributed by atoms with Crippen molar-refractivity contribution in [3.05, 3.63) is 29.8 Å². The Morgan fingerprint density at radius 2 is 2.15 bits per heavy atom. The van der Waals surface area contributed by atoms with Crippen LogP contribution in [-0.2, 0) is 25.4 Å². The molecule has 1 aliphatic rings. The van der Waals surface area contributed by atoms with Crippen LogP contribution in [0.3, 0.4) is 0 Å². The summed E-state index contributed by atoms with van der Waals surface area (Å²) in [7, 11) is 3.00. The maximum atomic E-state index is 11.3. The number of carbonyl (C=O) groups excluding carboxylic acids is 1. The molecule has 2 unspecified atom stereocenters. The zero-order valence-electron chi connectivity index (χ0n) is 12.0. The molecule has 0 radical (unpaired) electrons. The van der Waals surface area contributed by atoms with Gasteiger partial charge in [-0.3, -0.25) is 4.79 Å². The van der Waals surface area contributed by atoms with E-state index in [1.807, 2.05) is 31.2 Å². The number of carbonyl (C=O) groups is 1. The fourth-order valence-corrected chi connectivity index (χ4v) is 2.35. The number of methoxy groups -OCH3 is 2. The van der Waals surface area contributed by atoms with Crippen LogP contribution in [-0.4, -0.2) is 38.7 Å². The van der Waals surface area contributed by atoms with Crippen molar-refractivity contribution >= 4 is 5.97 Å². The molecule has 1 fully saturated rings. The summed E-state index contributed by atoms with van der Waals surface area (Å²) in [6, 6.07) is 7.74.